The summed E-state index contributed by atoms with van der Waals surface area (Å²) < 4.78 is 0. The molecular weight excluding hydrogens is 398 g/mol. The summed E-state index contributed by atoms with van der Waals surface area (Å²) in [4.78, 5) is 34.1. The molecule has 0 spiro atoms. The number of carbonyl (C=O) groups is 1. The first-order chi connectivity index (χ1) is 13.1. The SMILES string of the molecule is C[C@H](Sc1nc2scc(-c3cccs3)c2c(=O)[nH]1)C(=O)Nc1ccccc1. The Kier molecular flexibility index (Phi) is 5.11. The van der Waals surface area contributed by atoms with Gasteiger partial charge in [0.15, 0.2) is 5.16 Å². The molecule has 4 rings (SSSR count). The Morgan fingerprint density at radius 1 is 1.19 bits per heavy atom. The van der Waals surface area contributed by atoms with Crippen LogP contribution in [0.5, 0.6) is 0 Å². The molecule has 1 aromatic carbocycles. The van der Waals surface area contributed by atoms with Crippen LogP contribution in [0.4, 0.5) is 5.69 Å². The zero-order valence-corrected chi connectivity index (χ0v) is 16.7. The topological polar surface area (TPSA) is 74.8 Å². The molecule has 1 atom stereocenters. The number of amides is 1. The highest BCUT2D eigenvalue weighted by molar-refractivity contribution is 8.00. The van der Waals surface area contributed by atoms with E-state index in [1.807, 2.05) is 53.2 Å². The van der Waals surface area contributed by atoms with E-state index in [4.69, 9.17) is 0 Å². The van der Waals surface area contributed by atoms with Crippen LogP contribution in [-0.2, 0) is 4.79 Å². The van der Waals surface area contributed by atoms with Gasteiger partial charge in [0.1, 0.15) is 4.83 Å². The highest BCUT2D eigenvalue weighted by atomic mass is 32.2. The van der Waals surface area contributed by atoms with Crippen molar-refractivity contribution in [1.82, 2.24) is 9.97 Å². The molecule has 8 heteroatoms. The van der Waals surface area contributed by atoms with Crippen LogP contribution in [0.25, 0.3) is 20.7 Å². The number of hydrogen-bond acceptors (Lipinski definition) is 6. The third kappa shape index (κ3) is 3.83. The molecule has 3 heterocycles. The second-order valence-corrected chi connectivity index (χ2v) is 8.93. The summed E-state index contributed by atoms with van der Waals surface area (Å²) in [5.41, 5.74) is 1.47. The molecule has 0 aliphatic rings. The Hall–Kier alpha value is -2.42. The number of para-hydroxylation sites is 1. The number of aromatic amines is 1. The fraction of sp³-hybridized carbons (Fsp3) is 0.105. The standard InChI is InChI=1S/C19H15N3O2S3/c1-11(16(23)20-12-6-3-2-4-7-12)27-19-21-17(24)15-13(10-26-18(15)22-19)14-8-5-9-25-14/h2-11H,1H3,(H,20,23)(H,21,22,24)/t11-/m0/s1. The van der Waals surface area contributed by atoms with Crippen molar-refractivity contribution >= 4 is 56.2 Å². The molecule has 3 aromatic heterocycles. The van der Waals surface area contributed by atoms with Crippen molar-refractivity contribution in [3.8, 4) is 10.4 Å². The normalized spacial score (nSPS) is 12.2. The van der Waals surface area contributed by atoms with Gasteiger partial charge in [0, 0.05) is 21.5 Å². The van der Waals surface area contributed by atoms with E-state index in [-0.39, 0.29) is 11.5 Å². The number of anilines is 1. The van der Waals surface area contributed by atoms with Crippen LogP contribution in [0, 0.1) is 0 Å². The highest BCUT2D eigenvalue weighted by Crippen LogP contribution is 2.34. The zero-order valence-electron chi connectivity index (χ0n) is 14.3. The van der Waals surface area contributed by atoms with Gasteiger partial charge in [0.05, 0.1) is 10.6 Å². The van der Waals surface area contributed by atoms with Gasteiger partial charge in [-0.1, -0.05) is 36.0 Å². The minimum absolute atomic E-state index is 0.139. The molecule has 0 saturated heterocycles. The molecule has 27 heavy (non-hydrogen) atoms. The summed E-state index contributed by atoms with van der Waals surface area (Å²) in [6.45, 7) is 1.79. The van der Waals surface area contributed by atoms with Crippen LogP contribution in [0.1, 0.15) is 6.92 Å². The Morgan fingerprint density at radius 2 is 2.00 bits per heavy atom. The zero-order chi connectivity index (χ0) is 18.8. The van der Waals surface area contributed by atoms with Crippen molar-refractivity contribution in [2.24, 2.45) is 0 Å². The monoisotopic (exact) mass is 413 g/mol. The first-order valence-corrected chi connectivity index (χ1v) is 10.8. The average Bonchev–Trinajstić information content (AvgIpc) is 3.31. The number of thioether (sulfide) groups is 1. The van der Waals surface area contributed by atoms with Crippen LogP contribution in [0.15, 0.2) is 63.2 Å². The van der Waals surface area contributed by atoms with E-state index in [1.165, 1.54) is 23.1 Å². The summed E-state index contributed by atoms with van der Waals surface area (Å²) >= 11 is 4.27. The Morgan fingerprint density at radius 3 is 2.74 bits per heavy atom. The molecule has 0 unspecified atom stereocenters. The van der Waals surface area contributed by atoms with Crippen molar-refractivity contribution in [2.45, 2.75) is 17.3 Å². The first kappa shape index (κ1) is 18.0. The van der Waals surface area contributed by atoms with Crippen LogP contribution in [-0.4, -0.2) is 21.1 Å². The van der Waals surface area contributed by atoms with Gasteiger partial charge in [-0.15, -0.1) is 22.7 Å². The van der Waals surface area contributed by atoms with E-state index in [2.05, 4.69) is 15.3 Å². The second kappa shape index (κ2) is 7.67. The number of hydrogen-bond donors (Lipinski definition) is 2. The smallest absolute Gasteiger partial charge is 0.260 e. The van der Waals surface area contributed by atoms with Gasteiger partial charge in [-0.3, -0.25) is 9.59 Å². The fourth-order valence-corrected chi connectivity index (χ4v) is 5.20. The van der Waals surface area contributed by atoms with Crippen molar-refractivity contribution < 1.29 is 4.79 Å². The van der Waals surface area contributed by atoms with Gasteiger partial charge in [0.2, 0.25) is 5.91 Å². The number of nitrogens with one attached hydrogen (secondary N) is 2. The summed E-state index contributed by atoms with van der Waals surface area (Å²) in [6.07, 6.45) is 0. The van der Waals surface area contributed by atoms with Crippen LogP contribution >= 0.6 is 34.4 Å². The van der Waals surface area contributed by atoms with Crippen molar-refractivity contribution in [1.29, 1.82) is 0 Å². The lowest BCUT2D eigenvalue weighted by molar-refractivity contribution is -0.115. The molecule has 0 saturated carbocycles. The molecule has 0 aliphatic carbocycles. The molecule has 1 amide bonds. The lowest BCUT2D eigenvalue weighted by atomic mass is 10.2. The minimum atomic E-state index is -0.400. The Bertz CT molecular complexity index is 1130. The second-order valence-electron chi connectivity index (χ2n) is 5.79. The molecule has 0 fully saturated rings. The van der Waals surface area contributed by atoms with Gasteiger partial charge in [-0.05, 0) is 30.5 Å². The maximum absolute atomic E-state index is 12.6. The van der Waals surface area contributed by atoms with E-state index in [0.717, 1.165) is 16.1 Å². The van der Waals surface area contributed by atoms with E-state index in [0.29, 0.717) is 15.4 Å². The summed E-state index contributed by atoms with van der Waals surface area (Å²) in [5, 5.41) is 7.45. The lowest BCUT2D eigenvalue weighted by Crippen LogP contribution is -2.23. The highest BCUT2D eigenvalue weighted by Gasteiger charge is 2.18. The van der Waals surface area contributed by atoms with Gasteiger partial charge >= 0.3 is 0 Å². The number of thiophene rings is 2. The first-order valence-electron chi connectivity index (χ1n) is 8.20. The van der Waals surface area contributed by atoms with Crippen molar-refractivity contribution in [3.05, 3.63) is 63.6 Å². The van der Waals surface area contributed by atoms with E-state index < -0.39 is 5.25 Å². The summed E-state index contributed by atoms with van der Waals surface area (Å²) in [5.74, 6) is -0.139. The largest absolute Gasteiger partial charge is 0.325 e. The lowest BCUT2D eigenvalue weighted by Gasteiger charge is -2.11. The number of nitrogens with zero attached hydrogens (tertiary/aromatic N) is 1. The third-order valence-corrected chi connectivity index (χ3v) is 6.67. The quantitative estimate of drug-likeness (QED) is 0.363. The van der Waals surface area contributed by atoms with Crippen LogP contribution in [0.3, 0.4) is 0 Å². The summed E-state index contributed by atoms with van der Waals surface area (Å²) in [7, 11) is 0. The Balaban J connectivity index is 1.56. The molecule has 2 N–H and O–H groups in total. The average molecular weight is 414 g/mol. The summed E-state index contributed by atoms with van der Waals surface area (Å²) in [6, 6.07) is 13.2. The number of rotatable bonds is 5. The number of fused-ring (bicyclic) bond motifs is 1. The molecular formula is C19H15N3O2S3. The number of benzene rings is 1. The van der Waals surface area contributed by atoms with Gasteiger partial charge in [-0.25, -0.2) is 4.98 Å². The maximum atomic E-state index is 12.6. The predicted molar refractivity (Wildman–Crippen MR) is 114 cm³/mol. The molecule has 0 aliphatic heterocycles. The van der Waals surface area contributed by atoms with Gasteiger partial charge in [-0.2, -0.15) is 0 Å². The Labute approximate surface area is 167 Å². The van der Waals surface area contributed by atoms with E-state index in [9.17, 15) is 9.59 Å². The van der Waals surface area contributed by atoms with Gasteiger partial charge in [0.25, 0.3) is 5.56 Å². The van der Waals surface area contributed by atoms with Crippen molar-refractivity contribution in [2.75, 3.05) is 5.32 Å². The predicted octanol–water partition coefficient (Wildman–Crippen LogP) is 4.83. The van der Waals surface area contributed by atoms with E-state index >= 15 is 0 Å². The van der Waals surface area contributed by atoms with Crippen LogP contribution in [0.2, 0.25) is 0 Å². The molecule has 5 nitrogen and oxygen atoms in total. The molecule has 0 bridgehead atoms. The van der Waals surface area contributed by atoms with Crippen molar-refractivity contribution in [3.63, 3.8) is 0 Å². The molecule has 4 aromatic rings. The fourth-order valence-electron chi connectivity index (χ4n) is 2.58. The minimum Gasteiger partial charge on any atom is -0.325 e. The van der Waals surface area contributed by atoms with Gasteiger partial charge < -0.3 is 10.3 Å². The van der Waals surface area contributed by atoms with Crippen LogP contribution < -0.4 is 10.9 Å². The number of aromatic nitrogens is 2. The number of H-pyrrole nitrogens is 1. The third-order valence-electron chi connectivity index (χ3n) is 3.91. The molecule has 0 radical (unpaired) electrons. The maximum Gasteiger partial charge on any atom is 0.260 e. The number of carbonyl (C=O) groups excluding carboxylic acids is 1. The van der Waals surface area contributed by atoms with E-state index in [1.54, 1.807) is 18.3 Å². The molecule has 136 valence electrons.